The van der Waals surface area contributed by atoms with E-state index in [9.17, 15) is 4.39 Å². The maximum atomic E-state index is 13.2. The van der Waals surface area contributed by atoms with E-state index in [-0.39, 0.29) is 5.82 Å². The van der Waals surface area contributed by atoms with Crippen LogP contribution in [0.5, 0.6) is 17.5 Å². The van der Waals surface area contributed by atoms with Crippen molar-refractivity contribution in [3.8, 4) is 17.5 Å². The second kappa shape index (κ2) is 5.89. The second-order valence-electron chi connectivity index (χ2n) is 5.44. The maximum Gasteiger partial charge on any atom is 0.241 e. The Morgan fingerprint density at radius 3 is 2.52 bits per heavy atom. The van der Waals surface area contributed by atoms with Crippen LogP contribution in [0.3, 0.4) is 0 Å². The van der Waals surface area contributed by atoms with Gasteiger partial charge in [0.15, 0.2) is 0 Å². The number of nitrogen functional groups attached to an aromatic ring is 1. The third-order valence-corrected chi connectivity index (χ3v) is 2.99. The highest BCUT2D eigenvalue weighted by Crippen LogP contribution is 2.29. The second-order valence-corrected chi connectivity index (χ2v) is 6.29. The van der Waals surface area contributed by atoms with Gasteiger partial charge >= 0.3 is 0 Å². The zero-order valence-corrected chi connectivity index (χ0v) is 13.6. The summed E-state index contributed by atoms with van der Waals surface area (Å²) >= 11 is 3.11. The molecule has 1 aromatic carbocycles. The molecular formula is C15H16BrFN2O2. The third kappa shape index (κ3) is 4.32. The van der Waals surface area contributed by atoms with Crippen LogP contribution in [0.25, 0.3) is 0 Å². The topological polar surface area (TPSA) is 57.4 Å². The number of aromatic nitrogens is 1. The molecule has 2 N–H and O–H groups in total. The smallest absolute Gasteiger partial charge is 0.241 e. The van der Waals surface area contributed by atoms with Crippen LogP contribution in [0.2, 0.25) is 0 Å². The van der Waals surface area contributed by atoms with Gasteiger partial charge in [0.2, 0.25) is 11.8 Å². The van der Waals surface area contributed by atoms with Crippen LogP contribution in [0, 0.1) is 5.82 Å². The van der Waals surface area contributed by atoms with Gasteiger partial charge in [0.25, 0.3) is 0 Å². The van der Waals surface area contributed by atoms with Gasteiger partial charge in [0.05, 0.1) is 10.2 Å². The Morgan fingerprint density at radius 2 is 1.90 bits per heavy atom. The summed E-state index contributed by atoms with van der Waals surface area (Å²) in [4.78, 5) is 4.23. The fourth-order valence-electron chi connectivity index (χ4n) is 1.52. The lowest BCUT2D eigenvalue weighted by Gasteiger charge is -2.21. The Labute approximate surface area is 131 Å². The molecule has 0 aliphatic heterocycles. The maximum absolute atomic E-state index is 13.2. The summed E-state index contributed by atoms with van der Waals surface area (Å²) in [5.74, 6) is 0.731. The number of hydrogen-bond donors (Lipinski definition) is 1. The van der Waals surface area contributed by atoms with E-state index in [1.165, 1.54) is 18.2 Å². The predicted octanol–water partition coefficient (Wildman–Crippen LogP) is 4.54. The largest absolute Gasteiger partial charge is 0.470 e. The first-order valence-electron chi connectivity index (χ1n) is 6.33. The van der Waals surface area contributed by atoms with Crippen molar-refractivity contribution in [2.45, 2.75) is 26.4 Å². The Hall–Kier alpha value is -1.82. The highest BCUT2D eigenvalue weighted by molar-refractivity contribution is 9.10. The number of hydrogen-bond acceptors (Lipinski definition) is 4. The quantitative estimate of drug-likeness (QED) is 0.879. The molecule has 0 fully saturated rings. The summed E-state index contributed by atoms with van der Waals surface area (Å²) < 4.78 is 24.8. The van der Waals surface area contributed by atoms with Gasteiger partial charge in [-0.25, -0.2) is 4.39 Å². The van der Waals surface area contributed by atoms with Gasteiger partial charge in [-0.1, -0.05) is 0 Å². The Morgan fingerprint density at radius 1 is 1.19 bits per heavy atom. The Balaban J connectivity index is 2.24. The van der Waals surface area contributed by atoms with Crippen LogP contribution in [0.1, 0.15) is 20.8 Å². The number of pyridine rings is 1. The molecule has 0 bridgehead atoms. The summed E-state index contributed by atoms with van der Waals surface area (Å²) in [7, 11) is 0. The van der Waals surface area contributed by atoms with Crippen LogP contribution in [-0.4, -0.2) is 10.6 Å². The minimum Gasteiger partial charge on any atom is -0.470 e. The Bertz CT molecular complexity index is 657. The first-order valence-corrected chi connectivity index (χ1v) is 7.12. The number of halogens is 2. The van der Waals surface area contributed by atoms with Crippen molar-refractivity contribution in [3.05, 3.63) is 40.6 Å². The third-order valence-electron chi connectivity index (χ3n) is 2.38. The first-order chi connectivity index (χ1) is 9.74. The van der Waals surface area contributed by atoms with Gasteiger partial charge in [0, 0.05) is 6.07 Å². The van der Waals surface area contributed by atoms with Crippen molar-refractivity contribution in [2.75, 3.05) is 5.73 Å². The normalized spacial score (nSPS) is 11.3. The summed E-state index contributed by atoms with van der Waals surface area (Å²) in [6, 6.07) is 7.63. The molecular weight excluding hydrogens is 339 g/mol. The first kappa shape index (κ1) is 15.6. The van der Waals surface area contributed by atoms with E-state index < -0.39 is 5.60 Å². The molecule has 21 heavy (non-hydrogen) atoms. The number of benzene rings is 1. The number of anilines is 1. The number of nitrogens with zero attached hydrogens (tertiary/aromatic N) is 1. The average molecular weight is 355 g/mol. The lowest BCUT2D eigenvalue weighted by atomic mass is 10.2. The van der Waals surface area contributed by atoms with Crippen LogP contribution in [-0.2, 0) is 0 Å². The van der Waals surface area contributed by atoms with Crippen molar-refractivity contribution in [3.63, 3.8) is 0 Å². The van der Waals surface area contributed by atoms with E-state index in [2.05, 4.69) is 20.9 Å². The zero-order chi connectivity index (χ0) is 15.6. The zero-order valence-electron chi connectivity index (χ0n) is 12.0. The van der Waals surface area contributed by atoms with E-state index in [1.807, 2.05) is 20.8 Å². The summed E-state index contributed by atoms with van der Waals surface area (Å²) in [5.41, 5.74) is 5.84. The van der Waals surface area contributed by atoms with Crippen LogP contribution in [0.4, 0.5) is 10.1 Å². The summed E-state index contributed by atoms with van der Waals surface area (Å²) in [6.07, 6.45) is 0. The van der Waals surface area contributed by atoms with Crippen molar-refractivity contribution in [1.82, 2.24) is 4.98 Å². The molecule has 6 heteroatoms. The van der Waals surface area contributed by atoms with Gasteiger partial charge in [-0.05, 0) is 61.0 Å². The minimum absolute atomic E-state index is 0.307. The number of rotatable bonds is 3. The average Bonchev–Trinajstić information content (AvgIpc) is 2.36. The van der Waals surface area contributed by atoms with Crippen molar-refractivity contribution in [1.29, 1.82) is 0 Å². The molecule has 2 rings (SSSR count). The molecule has 1 aromatic heterocycles. The number of nitrogens with two attached hydrogens (primary N) is 1. The fraction of sp³-hybridized carbons (Fsp3) is 0.267. The van der Waals surface area contributed by atoms with E-state index in [1.54, 1.807) is 12.1 Å². The van der Waals surface area contributed by atoms with E-state index in [0.29, 0.717) is 27.7 Å². The highest BCUT2D eigenvalue weighted by Gasteiger charge is 2.16. The molecule has 0 saturated heterocycles. The minimum atomic E-state index is -0.418. The van der Waals surface area contributed by atoms with Gasteiger partial charge in [-0.15, -0.1) is 0 Å². The monoisotopic (exact) mass is 354 g/mol. The van der Waals surface area contributed by atoms with E-state index in [4.69, 9.17) is 15.2 Å². The molecule has 4 nitrogen and oxygen atoms in total. The van der Waals surface area contributed by atoms with Gasteiger partial charge in [0.1, 0.15) is 17.2 Å². The van der Waals surface area contributed by atoms with Crippen LogP contribution < -0.4 is 15.2 Å². The molecule has 2 aromatic rings. The molecule has 0 spiro atoms. The molecule has 0 radical (unpaired) electrons. The van der Waals surface area contributed by atoms with Gasteiger partial charge < -0.3 is 15.2 Å². The molecule has 1 heterocycles. The molecule has 0 aliphatic rings. The molecule has 0 amide bonds. The van der Waals surface area contributed by atoms with Gasteiger partial charge in [-0.3, -0.25) is 0 Å². The molecule has 0 unspecified atom stereocenters. The fourth-order valence-corrected chi connectivity index (χ4v) is 1.88. The van der Waals surface area contributed by atoms with Crippen molar-refractivity contribution < 1.29 is 13.9 Å². The molecule has 0 aliphatic carbocycles. The van der Waals surface area contributed by atoms with Gasteiger partial charge in [-0.2, -0.15) is 4.98 Å². The lowest BCUT2D eigenvalue weighted by Crippen LogP contribution is -2.24. The Kier molecular flexibility index (Phi) is 4.37. The highest BCUT2D eigenvalue weighted by atomic mass is 79.9. The summed E-state index contributed by atoms with van der Waals surface area (Å²) in [5, 5.41) is 0. The van der Waals surface area contributed by atoms with Crippen LogP contribution in [0.15, 0.2) is 34.8 Å². The lowest BCUT2D eigenvalue weighted by molar-refractivity contribution is 0.124. The standard InChI is InChI=1S/C15H16BrFN2O2/c1-15(2,3)21-14-12(18)6-7-13(19-14)20-9-4-5-11(17)10(16)8-9/h4-8H,18H2,1-3H3. The van der Waals surface area contributed by atoms with Crippen molar-refractivity contribution >= 4 is 21.6 Å². The molecule has 0 saturated carbocycles. The summed E-state index contributed by atoms with van der Waals surface area (Å²) in [6.45, 7) is 5.70. The number of ether oxygens (including phenoxy) is 2. The van der Waals surface area contributed by atoms with Crippen LogP contribution >= 0.6 is 15.9 Å². The van der Waals surface area contributed by atoms with Crippen molar-refractivity contribution in [2.24, 2.45) is 0 Å². The van der Waals surface area contributed by atoms with E-state index in [0.717, 1.165) is 0 Å². The predicted molar refractivity (Wildman–Crippen MR) is 83.2 cm³/mol. The SMILES string of the molecule is CC(C)(C)Oc1nc(Oc2ccc(F)c(Br)c2)ccc1N. The van der Waals surface area contributed by atoms with E-state index >= 15 is 0 Å². The molecule has 112 valence electrons. The molecule has 0 atom stereocenters.